The summed E-state index contributed by atoms with van der Waals surface area (Å²) in [6, 6.07) is 5.90. The van der Waals surface area contributed by atoms with Gasteiger partial charge in [-0.15, -0.1) is 0 Å². The van der Waals surface area contributed by atoms with Crippen molar-refractivity contribution < 1.29 is 9.53 Å². The predicted octanol–water partition coefficient (Wildman–Crippen LogP) is 4.15. The molecular weight excluding hydrogens is 288 g/mol. The highest BCUT2D eigenvalue weighted by Gasteiger charge is 2.12. The van der Waals surface area contributed by atoms with E-state index in [1.165, 1.54) is 12.0 Å². The van der Waals surface area contributed by atoms with Crippen LogP contribution in [0.3, 0.4) is 0 Å². The Kier molecular flexibility index (Phi) is 6.66. The summed E-state index contributed by atoms with van der Waals surface area (Å²) in [6.45, 7) is 9.66. The van der Waals surface area contributed by atoms with Gasteiger partial charge in [0.05, 0.1) is 5.52 Å². The standard InChI is InChI=1S/C19H28N2O2/c1-4-8-18(22)23-17-10-7-9-16-15(14-20-19(16)17)11-13-21(6-3)12-5-2/h7,9-10,14,20H,4-6,8,11-13H2,1-3H3. The number of ether oxygens (including phenoxy) is 1. The Morgan fingerprint density at radius 3 is 2.70 bits per heavy atom. The van der Waals surface area contributed by atoms with Crippen molar-refractivity contribution in [1.82, 2.24) is 9.88 Å². The van der Waals surface area contributed by atoms with Crippen LogP contribution in [0, 0.1) is 0 Å². The molecule has 4 heteroatoms. The third kappa shape index (κ3) is 4.58. The van der Waals surface area contributed by atoms with Gasteiger partial charge in [-0.2, -0.15) is 0 Å². The van der Waals surface area contributed by atoms with E-state index in [2.05, 4.69) is 29.8 Å². The molecule has 1 N–H and O–H groups in total. The third-order valence-corrected chi connectivity index (χ3v) is 4.13. The SMILES string of the molecule is CCCC(=O)Oc1cccc2c(CCN(CC)CCC)c[nH]c12. The van der Waals surface area contributed by atoms with Crippen molar-refractivity contribution in [2.45, 2.75) is 46.5 Å². The highest BCUT2D eigenvalue weighted by Crippen LogP contribution is 2.28. The molecule has 0 fully saturated rings. The predicted molar refractivity (Wildman–Crippen MR) is 95.0 cm³/mol. The zero-order valence-corrected chi connectivity index (χ0v) is 14.5. The maximum atomic E-state index is 11.7. The smallest absolute Gasteiger partial charge is 0.311 e. The van der Waals surface area contributed by atoms with E-state index in [1.54, 1.807) is 0 Å². The average Bonchev–Trinajstić information content (AvgIpc) is 2.96. The first kappa shape index (κ1) is 17.5. The first-order chi connectivity index (χ1) is 11.2. The molecule has 0 atom stereocenters. The van der Waals surface area contributed by atoms with Gasteiger partial charge in [-0.3, -0.25) is 4.79 Å². The lowest BCUT2D eigenvalue weighted by Gasteiger charge is -2.19. The Balaban J connectivity index is 2.13. The van der Waals surface area contributed by atoms with E-state index < -0.39 is 0 Å². The summed E-state index contributed by atoms with van der Waals surface area (Å²) in [5.41, 5.74) is 2.20. The molecule has 23 heavy (non-hydrogen) atoms. The second-order valence-corrected chi connectivity index (χ2v) is 5.90. The number of carbonyl (C=O) groups excluding carboxylic acids is 1. The summed E-state index contributed by atoms with van der Waals surface area (Å²) >= 11 is 0. The molecule has 0 amide bonds. The summed E-state index contributed by atoms with van der Waals surface area (Å²) in [6.07, 6.45) is 5.47. The quantitative estimate of drug-likeness (QED) is 0.558. The van der Waals surface area contributed by atoms with Crippen LogP contribution >= 0.6 is 0 Å². The number of hydrogen-bond acceptors (Lipinski definition) is 3. The number of nitrogens with one attached hydrogen (secondary N) is 1. The second-order valence-electron chi connectivity index (χ2n) is 5.90. The summed E-state index contributed by atoms with van der Waals surface area (Å²) in [4.78, 5) is 17.5. The van der Waals surface area contributed by atoms with Gasteiger partial charge in [0.25, 0.3) is 0 Å². The topological polar surface area (TPSA) is 45.3 Å². The van der Waals surface area contributed by atoms with Gasteiger partial charge in [0.1, 0.15) is 0 Å². The Bertz CT molecular complexity index is 633. The molecule has 1 aromatic carbocycles. The van der Waals surface area contributed by atoms with Gasteiger partial charge in [-0.05, 0) is 44.0 Å². The molecule has 2 rings (SSSR count). The molecule has 4 nitrogen and oxygen atoms in total. The minimum absolute atomic E-state index is 0.170. The molecule has 0 aliphatic carbocycles. The van der Waals surface area contributed by atoms with Crippen LogP contribution in [0.5, 0.6) is 5.75 Å². The lowest BCUT2D eigenvalue weighted by Crippen LogP contribution is -2.26. The molecule has 0 bridgehead atoms. The van der Waals surface area contributed by atoms with Gasteiger partial charge in [0.2, 0.25) is 0 Å². The van der Waals surface area contributed by atoms with Crippen LogP contribution in [0.25, 0.3) is 10.9 Å². The van der Waals surface area contributed by atoms with E-state index in [0.29, 0.717) is 12.2 Å². The van der Waals surface area contributed by atoms with Crippen molar-refractivity contribution in [3.8, 4) is 5.75 Å². The first-order valence-corrected chi connectivity index (χ1v) is 8.71. The number of likely N-dealkylation sites (N-methyl/N-ethyl adjacent to an activating group) is 1. The van der Waals surface area contributed by atoms with Crippen LogP contribution in [0.15, 0.2) is 24.4 Å². The second kappa shape index (κ2) is 8.73. The van der Waals surface area contributed by atoms with Crippen molar-refractivity contribution in [1.29, 1.82) is 0 Å². The number of aromatic amines is 1. The number of nitrogens with zero attached hydrogens (tertiary/aromatic N) is 1. The molecule has 0 saturated heterocycles. The molecule has 1 aromatic heterocycles. The maximum Gasteiger partial charge on any atom is 0.311 e. The van der Waals surface area contributed by atoms with Crippen LogP contribution in [-0.2, 0) is 11.2 Å². The Morgan fingerprint density at radius 1 is 1.17 bits per heavy atom. The number of benzene rings is 1. The van der Waals surface area contributed by atoms with E-state index in [-0.39, 0.29) is 5.97 Å². The highest BCUT2D eigenvalue weighted by molar-refractivity contribution is 5.90. The Hall–Kier alpha value is -1.81. The average molecular weight is 316 g/mol. The van der Waals surface area contributed by atoms with Crippen molar-refractivity contribution in [2.24, 2.45) is 0 Å². The van der Waals surface area contributed by atoms with Gasteiger partial charge in [-0.1, -0.05) is 32.9 Å². The molecule has 0 spiro atoms. The molecule has 0 saturated carbocycles. The summed E-state index contributed by atoms with van der Waals surface area (Å²) in [7, 11) is 0. The summed E-state index contributed by atoms with van der Waals surface area (Å²) < 4.78 is 5.49. The first-order valence-electron chi connectivity index (χ1n) is 8.71. The van der Waals surface area contributed by atoms with Gasteiger partial charge in [-0.25, -0.2) is 0 Å². The molecule has 0 aliphatic heterocycles. The van der Waals surface area contributed by atoms with Gasteiger partial charge >= 0.3 is 5.97 Å². The lowest BCUT2D eigenvalue weighted by molar-refractivity contribution is -0.134. The molecular formula is C19H28N2O2. The van der Waals surface area contributed by atoms with E-state index in [9.17, 15) is 4.79 Å². The fourth-order valence-corrected chi connectivity index (χ4v) is 2.88. The molecule has 2 aromatic rings. The molecule has 0 aliphatic rings. The molecule has 0 unspecified atom stereocenters. The maximum absolute atomic E-state index is 11.7. The third-order valence-electron chi connectivity index (χ3n) is 4.13. The molecule has 126 valence electrons. The minimum Gasteiger partial charge on any atom is -0.424 e. The minimum atomic E-state index is -0.170. The number of rotatable bonds is 9. The van der Waals surface area contributed by atoms with Crippen LogP contribution in [0.4, 0.5) is 0 Å². The van der Waals surface area contributed by atoms with Crippen molar-refractivity contribution >= 4 is 16.9 Å². The summed E-state index contributed by atoms with van der Waals surface area (Å²) in [5, 5.41) is 1.15. The lowest BCUT2D eigenvalue weighted by atomic mass is 10.1. The summed E-state index contributed by atoms with van der Waals surface area (Å²) in [5.74, 6) is 0.462. The fraction of sp³-hybridized carbons (Fsp3) is 0.526. The largest absolute Gasteiger partial charge is 0.424 e. The Morgan fingerprint density at radius 2 is 2.00 bits per heavy atom. The number of para-hydroxylation sites is 1. The van der Waals surface area contributed by atoms with E-state index in [4.69, 9.17) is 4.74 Å². The fourth-order valence-electron chi connectivity index (χ4n) is 2.88. The van der Waals surface area contributed by atoms with Crippen molar-refractivity contribution in [3.05, 3.63) is 30.0 Å². The van der Waals surface area contributed by atoms with Crippen molar-refractivity contribution in [2.75, 3.05) is 19.6 Å². The number of H-pyrrole nitrogens is 1. The van der Waals surface area contributed by atoms with Crippen LogP contribution in [-0.4, -0.2) is 35.5 Å². The van der Waals surface area contributed by atoms with Gasteiger partial charge in [0, 0.05) is 24.5 Å². The van der Waals surface area contributed by atoms with E-state index in [1.807, 2.05) is 25.3 Å². The molecule has 0 radical (unpaired) electrons. The molecule has 1 heterocycles. The number of carbonyl (C=O) groups is 1. The van der Waals surface area contributed by atoms with E-state index in [0.717, 1.165) is 43.4 Å². The highest BCUT2D eigenvalue weighted by atomic mass is 16.5. The van der Waals surface area contributed by atoms with Gasteiger partial charge in [0.15, 0.2) is 5.75 Å². The van der Waals surface area contributed by atoms with Gasteiger partial charge < -0.3 is 14.6 Å². The Labute approximate surface area is 138 Å². The normalized spacial score (nSPS) is 11.3. The number of hydrogen-bond donors (Lipinski definition) is 1. The number of esters is 1. The van der Waals surface area contributed by atoms with E-state index >= 15 is 0 Å². The zero-order valence-electron chi connectivity index (χ0n) is 14.5. The number of aromatic nitrogens is 1. The van der Waals surface area contributed by atoms with Crippen LogP contribution in [0.2, 0.25) is 0 Å². The number of fused-ring (bicyclic) bond motifs is 1. The van der Waals surface area contributed by atoms with Crippen LogP contribution < -0.4 is 4.74 Å². The monoisotopic (exact) mass is 316 g/mol. The zero-order chi connectivity index (χ0) is 16.7. The van der Waals surface area contributed by atoms with Crippen molar-refractivity contribution in [3.63, 3.8) is 0 Å². The van der Waals surface area contributed by atoms with Crippen LogP contribution in [0.1, 0.15) is 45.6 Å².